The average Bonchev–Trinajstić information content (AvgIpc) is 2.85. The third kappa shape index (κ3) is 2.06. The number of fused-ring (bicyclic) bond motifs is 1. The number of anilines is 1. The fraction of sp³-hybridized carbons (Fsp3) is 0.600. The molecule has 0 saturated carbocycles. The molecule has 2 heteroatoms. The molecule has 2 nitrogen and oxygen atoms in total. The fourth-order valence-corrected chi connectivity index (χ4v) is 3.37. The maximum absolute atomic E-state index is 2.70. The van der Waals surface area contributed by atoms with Gasteiger partial charge in [-0.3, -0.25) is 4.90 Å². The average molecular weight is 230 g/mol. The van der Waals surface area contributed by atoms with Crippen LogP contribution in [0.3, 0.4) is 0 Å². The third-order valence-electron chi connectivity index (χ3n) is 4.35. The van der Waals surface area contributed by atoms with Gasteiger partial charge in [-0.1, -0.05) is 25.1 Å². The summed E-state index contributed by atoms with van der Waals surface area (Å²) in [4.78, 5) is 5.33. The van der Waals surface area contributed by atoms with Gasteiger partial charge in [0, 0.05) is 30.9 Å². The van der Waals surface area contributed by atoms with E-state index in [1.807, 2.05) is 0 Å². The van der Waals surface area contributed by atoms with Gasteiger partial charge in [0.2, 0.25) is 0 Å². The zero-order valence-electron chi connectivity index (χ0n) is 10.7. The molecule has 3 rings (SSSR count). The van der Waals surface area contributed by atoms with Gasteiger partial charge in [0.05, 0.1) is 0 Å². The molecule has 1 aromatic carbocycles. The predicted octanol–water partition coefficient (Wildman–Crippen LogP) is 2.75. The van der Waals surface area contributed by atoms with Gasteiger partial charge in [-0.25, -0.2) is 0 Å². The highest BCUT2D eigenvalue weighted by Gasteiger charge is 2.35. The Morgan fingerprint density at radius 3 is 2.76 bits per heavy atom. The Bertz CT molecular complexity index is 362. The topological polar surface area (TPSA) is 6.48 Å². The van der Waals surface area contributed by atoms with Crippen molar-refractivity contribution in [2.75, 3.05) is 24.5 Å². The monoisotopic (exact) mass is 230 g/mol. The second-order valence-electron chi connectivity index (χ2n) is 5.34. The molecule has 0 spiro atoms. The number of piperazine rings is 1. The number of rotatable bonds is 2. The molecule has 2 atom stereocenters. The van der Waals surface area contributed by atoms with Crippen molar-refractivity contribution in [3.05, 3.63) is 30.3 Å². The molecule has 2 aliphatic heterocycles. The second-order valence-corrected chi connectivity index (χ2v) is 5.34. The van der Waals surface area contributed by atoms with Gasteiger partial charge in [-0.15, -0.1) is 0 Å². The van der Waals surface area contributed by atoms with E-state index in [2.05, 4.69) is 47.1 Å². The molecule has 0 bridgehead atoms. The van der Waals surface area contributed by atoms with Crippen molar-refractivity contribution >= 4 is 5.69 Å². The molecule has 0 N–H and O–H groups in total. The van der Waals surface area contributed by atoms with E-state index in [0.29, 0.717) is 6.04 Å². The minimum atomic E-state index is 0.701. The Kier molecular flexibility index (Phi) is 3.06. The minimum Gasteiger partial charge on any atom is -0.366 e. The van der Waals surface area contributed by atoms with E-state index >= 15 is 0 Å². The Morgan fingerprint density at radius 1 is 1.18 bits per heavy atom. The van der Waals surface area contributed by atoms with Gasteiger partial charge >= 0.3 is 0 Å². The first-order valence-corrected chi connectivity index (χ1v) is 6.94. The molecule has 0 aromatic heterocycles. The normalized spacial score (nSPS) is 29.4. The van der Waals surface area contributed by atoms with Crippen LogP contribution in [0.15, 0.2) is 30.3 Å². The van der Waals surface area contributed by atoms with E-state index in [1.165, 1.54) is 44.6 Å². The Morgan fingerprint density at radius 2 is 2.00 bits per heavy atom. The van der Waals surface area contributed by atoms with Crippen LogP contribution in [0.2, 0.25) is 0 Å². The largest absolute Gasteiger partial charge is 0.366 e. The van der Waals surface area contributed by atoms with E-state index in [0.717, 1.165) is 6.04 Å². The van der Waals surface area contributed by atoms with Crippen molar-refractivity contribution < 1.29 is 0 Å². The van der Waals surface area contributed by atoms with Crippen LogP contribution in [0, 0.1) is 0 Å². The van der Waals surface area contributed by atoms with Crippen molar-refractivity contribution in [3.63, 3.8) is 0 Å². The number of hydrogen-bond acceptors (Lipinski definition) is 2. The van der Waals surface area contributed by atoms with Crippen LogP contribution in [-0.4, -0.2) is 36.6 Å². The fourth-order valence-electron chi connectivity index (χ4n) is 3.37. The van der Waals surface area contributed by atoms with Crippen LogP contribution in [-0.2, 0) is 0 Å². The van der Waals surface area contributed by atoms with Crippen LogP contribution in [0.5, 0.6) is 0 Å². The highest BCUT2D eigenvalue weighted by Crippen LogP contribution is 2.29. The van der Waals surface area contributed by atoms with Crippen molar-refractivity contribution in [2.45, 2.75) is 38.3 Å². The first kappa shape index (κ1) is 11.1. The Balaban J connectivity index is 1.82. The molecule has 2 saturated heterocycles. The van der Waals surface area contributed by atoms with Crippen LogP contribution in [0.4, 0.5) is 5.69 Å². The van der Waals surface area contributed by atoms with Gasteiger partial charge < -0.3 is 4.90 Å². The summed E-state index contributed by atoms with van der Waals surface area (Å²) in [5, 5.41) is 0. The summed E-state index contributed by atoms with van der Waals surface area (Å²) >= 11 is 0. The summed E-state index contributed by atoms with van der Waals surface area (Å²) in [6, 6.07) is 12.4. The summed E-state index contributed by atoms with van der Waals surface area (Å²) in [7, 11) is 0. The Hall–Kier alpha value is -1.02. The van der Waals surface area contributed by atoms with Crippen molar-refractivity contribution in [1.82, 2.24) is 4.90 Å². The van der Waals surface area contributed by atoms with Gasteiger partial charge in [-0.05, 0) is 37.9 Å². The second kappa shape index (κ2) is 4.69. The summed E-state index contributed by atoms with van der Waals surface area (Å²) in [6.45, 7) is 6.12. The maximum atomic E-state index is 2.70. The van der Waals surface area contributed by atoms with E-state index in [1.54, 1.807) is 0 Å². The van der Waals surface area contributed by atoms with E-state index in [4.69, 9.17) is 0 Å². The van der Waals surface area contributed by atoms with Crippen LogP contribution in [0.25, 0.3) is 0 Å². The molecule has 2 heterocycles. The highest BCUT2D eigenvalue weighted by atomic mass is 15.3. The molecule has 0 aliphatic carbocycles. The number of benzene rings is 1. The molecular formula is C15H22N2. The smallest absolute Gasteiger partial charge is 0.0415 e. The molecular weight excluding hydrogens is 208 g/mol. The highest BCUT2D eigenvalue weighted by molar-refractivity contribution is 5.48. The summed E-state index contributed by atoms with van der Waals surface area (Å²) < 4.78 is 0. The van der Waals surface area contributed by atoms with Crippen LogP contribution in [0.1, 0.15) is 26.2 Å². The van der Waals surface area contributed by atoms with Gasteiger partial charge in [0.1, 0.15) is 0 Å². The first-order valence-electron chi connectivity index (χ1n) is 6.94. The molecule has 0 radical (unpaired) electrons. The lowest BCUT2D eigenvalue weighted by atomic mass is 10.0. The van der Waals surface area contributed by atoms with Crippen molar-refractivity contribution in [1.29, 1.82) is 0 Å². The zero-order chi connectivity index (χ0) is 11.7. The van der Waals surface area contributed by atoms with E-state index in [9.17, 15) is 0 Å². The summed E-state index contributed by atoms with van der Waals surface area (Å²) in [5.41, 5.74) is 1.41. The zero-order valence-corrected chi connectivity index (χ0v) is 10.7. The van der Waals surface area contributed by atoms with Crippen LogP contribution < -0.4 is 4.90 Å². The standard InChI is InChI=1S/C15H22N2/c1-2-13-11-16-10-6-9-15(16)12-17(13)14-7-4-3-5-8-14/h3-5,7-8,13,15H,2,6,9-12H2,1H3. The van der Waals surface area contributed by atoms with Crippen molar-refractivity contribution in [2.24, 2.45) is 0 Å². The summed E-state index contributed by atoms with van der Waals surface area (Å²) in [6.07, 6.45) is 4.03. The number of hydrogen-bond donors (Lipinski definition) is 0. The quantitative estimate of drug-likeness (QED) is 0.771. The molecule has 17 heavy (non-hydrogen) atoms. The van der Waals surface area contributed by atoms with Crippen LogP contribution >= 0.6 is 0 Å². The van der Waals surface area contributed by atoms with Gasteiger partial charge in [0.15, 0.2) is 0 Å². The SMILES string of the molecule is CCC1CN2CCCC2CN1c1ccccc1. The van der Waals surface area contributed by atoms with E-state index < -0.39 is 0 Å². The lowest BCUT2D eigenvalue weighted by molar-refractivity contribution is 0.195. The molecule has 1 aromatic rings. The number of para-hydroxylation sites is 1. The summed E-state index contributed by atoms with van der Waals surface area (Å²) in [5.74, 6) is 0. The first-order chi connectivity index (χ1) is 8.38. The lowest BCUT2D eigenvalue weighted by Crippen LogP contribution is -2.56. The molecule has 0 amide bonds. The van der Waals surface area contributed by atoms with E-state index in [-0.39, 0.29) is 0 Å². The minimum absolute atomic E-state index is 0.701. The van der Waals surface area contributed by atoms with Gasteiger partial charge in [-0.2, -0.15) is 0 Å². The molecule has 2 aliphatic rings. The molecule has 92 valence electrons. The molecule has 2 unspecified atom stereocenters. The number of nitrogens with zero attached hydrogens (tertiary/aromatic N) is 2. The van der Waals surface area contributed by atoms with Gasteiger partial charge in [0.25, 0.3) is 0 Å². The molecule has 2 fully saturated rings. The maximum Gasteiger partial charge on any atom is 0.0415 e. The van der Waals surface area contributed by atoms with Crippen molar-refractivity contribution in [3.8, 4) is 0 Å². The Labute approximate surface area is 104 Å². The third-order valence-corrected chi connectivity index (χ3v) is 4.35. The predicted molar refractivity (Wildman–Crippen MR) is 72.5 cm³/mol. The lowest BCUT2D eigenvalue weighted by Gasteiger charge is -2.44.